The van der Waals surface area contributed by atoms with Crippen molar-refractivity contribution in [3.8, 4) is 0 Å². The average Bonchev–Trinajstić information content (AvgIpc) is 2.89. The van der Waals surface area contributed by atoms with Gasteiger partial charge in [-0.2, -0.15) is 0 Å². The van der Waals surface area contributed by atoms with Crippen molar-refractivity contribution in [2.24, 2.45) is 0 Å². The van der Waals surface area contributed by atoms with Gasteiger partial charge < -0.3 is 20.1 Å². The van der Waals surface area contributed by atoms with E-state index in [0.717, 1.165) is 11.0 Å². The standard InChI is InChI=1S/C15H17N3O4/c19-13(18-15(14(20)21)5-7-22-8-6-15)9-12-16-10-3-1-2-4-11(10)17-12/h1-4H,5-9H2,(H,16,17)(H,18,19)(H,20,21). The second-order valence-electron chi connectivity index (χ2n) is 5.43. The van der Waals surface area contributed by atoms with Crippen LogP contribution in [0.5, 0.6) is 0 Å². The highest BCUT2D eigenvalue weighted by Gasteiger charge is 2.41. The molecule has 1 aromatic heterocycles. The quantitative estimate of drug-likeness (QED) is 0.777. The molecular weight excluding hydrogens is 286 g/mol. The number of carboxylic acid groups (broad SMARTS) is 1. The Morgan fingerprint density at radius 2 is 2.05 bits per heavy atom. The Hall–Kier alpha value is -2.41. The van der Waals surface area contributed by atoms with E-state index in [1.165, 1.54) is 0 Å². The maximum Gasteiger partial charge on any atom is 0.329 e. The second kappa shape index (κ2) is 5.76. The Kier molecular flexibility index (Phi) is 3.81. The van der Waals surface area contributed by atoms with Crippen LogP contribution in [0.4, 0.5) is 0 Å². The van der Waals surface area contributed by atoms with E-state index in [9.17, 15) is 14.7 Å². The summed E-state index contributed by atoms with van der Waals surface area (Å²) in [6, 6.07) is 7.48. The SMILES string of the molecule is O=C(Cc1nc2ccccc2[nH]1)NC1(C(=O)O)CCOCC1. The number of para-hydroxylation sites is 2. The molecule has 22 heavy (non-hydrogen) atoms. The molecule has 0 saturated carbocycles. The Labute approximate surface area is 126 Å². The van der Waals surface area contributed by atoms with Gasteiger partial charge in [-0.05, 0) is 12.1 Å². The summed E-state index contributed by atoms with van der Waals surface area (Å²) in [7, 11) is 0. The summed E-state index contributed by atoms with van der Waals surface area (Å²) in [5, 5.41) is 12.1. The highest BCUT2D eigenvalue weighted by atomic mass is 16.5. The molecule has 0 atom stereocenters. The molecule has 7 nitrogen and oxygen atoms in total. The van der Waals surface area contributed by atoms with Gasteiger partial charge in [-0.1, -0.05) is 12.1 Å². The van der Waals surface area contributed by atoms with E-state index in [-0.39, 0.29) is 25.2 Å². The molecule has 1 fully saturated rings. The number of carbonyl (C=O) groups excluding carboxylic acids is 1. The molecule has 0 bridgehead atoms. The number of hydrogen-bond acceptors (Lipinski definition) is 4. The molecule has 2 heterocycles. The van der Waals surface area contributed by atoms with Crippen LogP contribution in [0.3, 0.4) is 0 Å². The maximum absolute atomic E-state index is 12.2. The number of carbonyl (C=O) groups is 2. The number of aromatic amines is 1. The lowest BCUT2D eigenvalue weighted by Gasteiger charge is -2.33. The normalized spacial score (nSPS) is 17.3. The molecule has 3 rings (SSSR count). The summed E-state index contributed by atoms with van der Waals surface area (Å²) in [4.78, 5) is 31.1. The highest BCUT2D eigenvalue weighted by molar-refractivity contribution is 5.88. The number of H-pyrrole nitrogens is 1. The van der Waals surface area contributed by atoms with Gasteiger partial charge in [0.1, 0.15) is 11.4 Å². The van der Waals surface area contributed by atoms with Gasteiger partial charge in [-0.3, -0.25) is 4.79 Å². The van der Waals surface area contributed by atoms with Crippen molar-refractivity contribution < 1.29 is 19.4 Å². The molecule has 7 heteroatoms. The van der Waals surface area contributed by atoms with Crippen LogP contribution in [-0.4, -0.2) is 45.7 Å². The molecule has 1 aliphatic heterocycles. The first-order valence-electron chi connectivity index (χ1n) is 7.15. The lowest BCUT2D eigenvalue weighted by Crippen LogP contribution is -2.57. The number of carboxylic acids is 1. The number of nitrogens with one attached hydrogen (secondary N) is 2. The van der Waals surface area contributed by atoms with Crippen LogP contribution >= 0.6 is 0 Å². The van der Waals surface area contributed by atoms with Crippen LogP contribution in [0.15, 0.2) is 24.3 Å². The fourth-order valence-corrected chi connectivity index (χ4v) is 2.66. The highest BCUT2D eigenvalue weighted by Crippen LogP contribution is 2.21. The van der Waals surface area contributed by atoms with Crippen LogP contribution in [-0.2, 0) is 20.7 Å². The minimum atomic E-state index is -1.23. The van der Waals surface area contributed by atoms with Gasteiger partial charge in [0.05, 0.1) is 17.5 Å². The summed E-state index contributed by atoms with van der Waals surface area (Å²) >= 11 is 0. The number of benzene rings is 1. The van der Waals surface area contributed by atoms with Crippen LogP contribution in [0.1, 0.15) is 18.7 Å². The predicted octanol–water partition coefficient (Wildman–Crippen LogP) is 0.855. The Bertz CT molecular complexity index is 671. The number of aliphatic carboxylic acids is 1. The lowest BCUT2D eigenvalue weighted by molar-refractivity contribution is -0.152. The fraction of sp³-hybridized carbons (Fsp3) is 0.400. The molecule has 0 unspecified atom stereocenters. The molecule has 1 amide bonds. The largest absolute Gasteiger partial charge is 0.480 e. The number of amides is 1. The van der Waals surface area contributed by atoms with E-state index in [1.807, 2.05) is 24.3 Å². The maximum atomic E-state index is 12.2. The Balaban J connectivity index is 1.72. The number of imidazole rings is 1. The van der Waals surface area contributed by atoms with Crippen LogP contribution in [0.2, 0.25) is 0 Å². The summed E-state index contributed by atoms with van der Waals surface area (Å²) < 4.78 is 5.18. The summed E-state index contributed by atoms with van der Waals surface area (Å²) in [6.45, 7) is 0.661. The van der Waals surface area contributed by atoms with Crippen molar-refractivity contribution in [3.63, 3.8) is 0 Å². The Morgan fingerprint density at radius 3 is 2.73 bits per heavy atom. The van der Waals surface area contributed by atoms with Crippen LogP contribution < -0.4 is 5.32 Å². The third-order valence-corrected chi connectivity index (χ3v) is 3.90. The molecule has 0 spiro atoms. The topological polar surface area (TPSA) is 104 Å². The molecule has 1 aromatic carbocycles. The molecular formula is C15H17N3O4. The number of ether oxygens (including phenoxy) is 1. The van der Waals surface area contributed by atoms with Crippen molar-refractivity contribution in [1.29, 1.82) is 0 Å². The number of aromatic nitrogens is 2. The van der Waals surface area contributed by atoms with Gasteiger partial charge in [0, 0.05) is 26.1 Å². The van der Waals surface area contributed by atoms with Crippen LogP contribution in [0, 0.1) is 0 Å². The molecule has 0 radical (unpaired) electrons. The zero-order chi connectivity index (χ0) is 15.6. The van der Waals surface area contributed by atoms with Gasteiger partial charge in [-0.15, -0.1) is 0 Å². The van der Waals surface area contributed by atoms with E-state index in [1.54, 1.807) is 0 Å². The number of hydrogen-bond donors (Lipinski definition) is 3. The molecule has 1 aliphatic rings. The first kappa shape index (κ1) is 14.5. The summed E-state index contributed by atoms with van der Waals surface area (Å²) in [5.41, 5.74) is 0.398. The van der Waals surface area contributed by atoms with E-state index < -0.39 is 11.5 Å². The van der Waals surface area contributed by atoms with Gasteiger partial charge in [0.2, 0.25) is 5.91 Å². The number of fused-ring (bicyclic) bond motifs is 1. The fourth-order valence-electron chi connectivity index (χ4n) is 2.66. The van der Waals surface area contributed by atoms with Crippen molar-refractivity contribution in [3.05, 3.63) is 30.1 Å². The second-order valence-corrected chi connectivity index (χ2v) is 5.43. The summed E-state index contributed by atoms with van der Waals surface area (Å²) in [5.74, 6) is -0.858. The van der Waals surface area contributed by atoms with Gasteiger partial charge in [0.15, 0.2) is 0 Å². The number of rotatable bonds is 4. The molecule has 2 aromatic rings. The van der Waals surface area contributed by atoms with E-state index in [0.29, 0.717) is 19.0 Å². The first-order chi connectivity index (χ1) is 10.6. The smallest absolute Gasteiger partial charge is 0.329 e. The Morgan fingerprint density at radius 1 is 1.32 bits per heavy atom. The van der Waals surface area contributed by atoms with E-state index >= 15 is 0 Å². The van der Waals surface area contributed by atoms with Crippen molar-refractivity contribution in [2.45, 2.75) is 24.8 Å². The third-order valence-electron chi connectivity index (χ3n) is 3.90. The minimum absolute atomic E-state index is 0.0184. The van der Waals surface area contributed by atoms with Crippen LogP contribution in [0.25, 0.3) is 11.0 Å². The summed E-state index contributed by atoms with van der Waals surface area (Å²) in [6.07, 6.45) is 0.562. The minimum Gasteiger partial charge on any atom is -0.480 e. The van der Waals surface area contributed by atoms with Crippen molar-refractivity contribution in [2.75, 3.05) is 13.2 Å². The zero-order valence-corrected chi connectivity index (χ0v) is 12.0. The van der Waals surface area contributed by atoms with Gasteiger partial charge in [0.25, 0.3) is 0 Å². The van der Waals surface area contributed by atoms with E-state index in [4.69, 9.17) is 4.74 Å². The monoisotopic (exact) mass is 303 g/mol. The van der Waals surface area contributed by atoms with E-state index in [2.05, 4.69) is 15.3 Å². The predicted molar refractivity (Wildman–Crippen MR) is 78.4 cm³/mol. The van der Waals surface area contributed by atoms with Crippen molar-refractivity contribution >= 4 is 22.9 Å². The van der Waals surface area contributed by atoms with Gasteiger partial charge >= 0.3 is 5.97 Å². The third kappa shape index (κ3) is 2.80. The zero-order valence-electron chi connectivity index (χ0n) is 12.0. The molecule has 116 valence electrons. The molecule has 1 saturated heterocycles. The average molecular weight is 303 g/mol. The lowest BCUT2D eigenvalue weighted by atomic mass is 9.90. The number of nitrogens with zero attached hydrogens (tertiary/aromatic N) is 1. The molecule has 0 aliphatic carbocycles. The van der Waals surface area contributed by atoms with Crippen molar-refractivity contribution in [1.82, 2.24) is 15.3 Å². The first-order valence-corrected chi connectivity index (χ1v) is 7.15. The van der Waals surface area contributed by atoms with Gasteiger partial charge in [-0.25, -0.2) is 9.78 Å². The molecule has 3 N–H and O–H groups in total.